The Kier molecular flexibility index (Phi) is 5.33. The largest absolute Gasteiger partial charge is 0.371 e. The van der Waals surface area contributed by atoms with Crippen LogP contribution < -0.4 is 5.73 Å². The monoisotopic (exact) mass is 426 g/mol. The first-order valence-electron chi connectivity index (χ1n) is 11.9. The Morgan fingerprint density at radius 1 is 1.23 bits per heavy atom. The van der Waals surface area contributed by atoms with Gasteiger partial charge in [0, 0.05) is 37.4 Å². The Labute approximate surface area is 185 Å². The maximum Gasteiger partial charge on any atom is 0.240 e. The first-order valence-corrected chi connectivity index (χ1v) is 11.9. The molecule has 0 spiro atoms. The molecule has 6 heteroatoms. The van der Waals surface area contributed by atoms with E-state index in [-0.39, 0.29) is 35.9 Å². The summed E-state index contributed by atoms with van der Waals surface area (Å²) in [6.45, 7) is 11.4. The van der Waals surface area contributed by atoms with E-state index in [1.807, 2.05) is 12.1 Å². The molecule has 1 aromatic rings. The Morgan fingerprint density at radius 3 is 2.52 bits per heavy atom. The lowest BCUT2D eigenvalue weighted by Gasteiger charge is -2.40. The van der Waals surface area contributed by atoms with E-state index in [0.29, 0.717) is 24.4 Å². The van der Waals surface area contributed by atoms with Crippen molar-refractivity contribution in [2.75, 3.05) is 19.6 Å². The molecule has 2 N–H and O–H groups in total. The highest BCUT2D eigenvalue weighted by Crippen LogP contribution is 2.49. The predicted octanol–water partition coefficient (Wildman–Crippen LogP) is 3.13. The van der Waals surface area contributed by atoms with Gasteiger partial charge in [-0.25, -0.2) is 4.39 Å². The molecule has 6 atom stereocenters. The molecule has 1 saturated carbocycles. The maximum absolute atomic E-state index is 13.5. The number of piperazine rings is 1. The van der Waals surface area contributed by atoms with Crippen molar-refractivity contribution in [3.63, 3.8) is 0 Å². The number of carbonyl (C=O) groups excluding carboxylic acids is 1. The number of nitrogens with zero attached hydrogens (tertiary/aromatic N) is 3. The molecule has 1 amide bonds. The number of rotatable bonds is 7. The molecule has 1 aliphatic carbocycles. The summed E-state index contributed by atoms with van der Waals surface area (Å²) in [7, 11) is 0. The number of hydrogen-bond donors (Lipinski definition) is 1. The summed E-state index contributed by atoms with van der Waals surface area (Å²) in [6, 6.07) is 7.29. The lowest BCUT2D eigenvalue weighted by atomic mass is 9.99. The van der Waals surface area contributed by atoms with Crippen LogP contribution in [0.15, 0.2) is 36.5 Å². The fourth-order valence-electron chi connectivity index (χ4n) is 6.06. The summed E-state index contributed by atoms with van der Waals surface area (Å²) < 4.78 is 13.5. The maximum atomic E-state index is 13.5. The average Bonchev–Trinajstić information content (AvgIpc) is 3.32. The lowest BCUT2D eigenvalue weighted by molar-refractivity contribution is -0.140. The highest BCUT2D eigenvalue weighted by molar-refractivity contribution is 5.86. The van der Waals surface area contributed by atoms with E-state index in [2.05, 4.69) is 35.1 Å². The molecule has 0 radical (unpaired) electrons. The van der Waals surface area contributed by atoms with Crippen molar-refractivity contribution in [1.29, 1.82) is 0 Å². The number of nitrogens with two attached hydrogens (primary N) is 1. The van der Waals surface area contributed by atoms with E-state index in [0.717, 1.165) is 43.6 Å². The summed E-state index contributed by atoms with van der Waals surface area (Å²) in [4.78, 5) is 20.2. The molecular formula is C25H35FN4O. The van der Waals surface area contributed by atoms with Crippen LogP contribution in [0.2, 0.25) is 0 Å². The zero-order valence-corrected chi connectivity index (χ0v) is 18.7. The lowest BCUT2D eigenvalue weighted by Crippen LogP contribution is -2.55. The van der Waals surface area contributed by atoms with Crippen LogP contribution in [0, 0.1) is 17.7 Å². The molecular weight excluding hydrogens is 391 g/mol. The van der Waals surface area contributed by atoms with Gasteiger partial charge in [0.2, 0.25) is 5.91 Å². The van der Waals surface area contributed by atoms with Crippen molar-refractivity contribution in [2.45, 2.75) is 69.7 Å². The molecule has 2 bridgehead atoms. The van der Waals surface area contributed by atoms with E-state index in [1.165, 1.54) is 18.6 Å². The van der Waals surface area contributed by atoms with Crippen molar-refractivity contribution in [3.05, 3.63) is 47.9 Å². The van der Waals surface area contributed by atoms with Gasteiger partial charge < -0.3 is 15.5 Å². The number of likely N-dealkylation sites (tertiary alicyclic amines) is 3. The molecule has 4 fully saturated rings. The standard InChI is InChI=1S/C25H35FN4O/c1-15-10-11-29(16(15)2)17(3)22(27)14-28-13-21-12-23(28)25(31)30(21)24(18-4-5-18)19-6-8-20(26)9-7-19/h6-9,15-16,18,21-24H,3-5,10-14,27H2,1-2H3/t15?,16?,21-,22?,23?,24?/m0/s1. The van der Waals surface area contributed by atoms with Crippen LogP contribution in [0.5, 0.6) is 0 Å². The van der Waals surface area contributed by atoms with Crippen molar-refractivity contribution >= 4 is 5.91 Å². The Bertz CT molecular complexity index is 854. The third-order valence-electron chi connectivity index (χ3n) is 8.26. The fourth-order valence-corrected chi connectivity index (χ4v) is 6.06. The number of halogens is 1. The first-order chi connectivity index (χ1) is 14.8. The Balaban J connectivity index is 1.26. The topological polar surface area (TPSA) is 52.8 Å². The smallest absolute Gasteiger partial charge is 0.240 e. The minimum Gasteiger partial charge on any atom is -0.371 e. The number of amides is 1. The summed E-state index contributed by atoms with van der Waals surface area (Å²) in [5.74, 6) is 1.16. The number of fused-ring (bicyclic) bond motifs is 2. The van der Waals surface area contributed by atoms with Crippen molar-refractivity contribution in [3.8, 4) is 0 Å². The first kappa shape index (κ1) is 21.0. The van der Waals surface area contributed by atoms with Crippen LogP contribution in [0.1, 0.15) is 51.1 Å². The third-order valence-corrected chi connectivity index (χ3v) is 8.26. The minimum atomic E-state index is -0.227. The molecule has 3 saturated heterocycles. The van der Waals surface area contributed by atoms with E-state index < -0.39 is 0 Å². The molecule has 3 aliphatic heterocycles. The van der Waals surface area contributed by atoms with Crippen LogP contribution in [0.25, 0.3) is 0 Å². The Morgan fingerprint density at radius 2 is 1.94 bits per heavy atom. The van der Waals surface area contributed by atoms with Gasteiger partial charge in [0.05, 0.1) is 18.1 Å². The van der Waals surface area contributed by atoms with Gasteiger partial charge in [-0.2, -0.15) is 0 Å². The van der Waals surface area contributed by atoms with Crippen molar-refractivity contribution < 1.29 is 9.18 Å². The zero-order valence-electron chi connectivity index (χ0n) is 18.7. The van der Waals surface area contributed by atoms with E-state index in [4.69, 9.17) is 5.73 Å². The van der Waals surface area contributed by atoms with Crippen molar-refractivity contribution in [2.24, 2.45) is 17.6 Å². The molecule has 31 heavy (non-hydrogen) atoms. The van der Waals surface area contributed by atoms with Gasteiger partial charge in [-0.3, -0.25) is 9.69 Å². The number of benzene rings is 1. The van der Waals surface area contributed by atoms with Gasteiger partial charge in [-0.1, -0.05) is 25.6 Å². The van der Waals surface area contributed by atoms with Gasteiger partial charge in [0.15, 0.2) is 0 Å². The second-order valence-electron chi connectivity index (χ2n) is 10.2. The molecule has 3 heterocycles. The molecule has 0 aromatic heterocycles. The van der Waals surface area contributed by atoms with E-state index >= 15 is 0 Å². The number of carbonyl (C=O) groups is 1. The van der Waals surface area contributed by atoms with Gasteiger partial charge in [-0.15, -0.1) is 0 Å². The van der Waals surface area contributed by atoms with Gasteiger partial charge in [0.25, 0.3) is 0 Å². The van der Waals surface area contributed by atoms with Crippen LogP contribution in [0.4, 0.5) is 4.39 Å². The molecule has 4 aliphatic rings. The quantitative estimate of drug-likeness (QED) is 0.728. The third kappa shape index (κ3) is 3.68. The van der Waals surface area contributed by atoms with E-state index in [9.17, 15) is 9.18 Å². The molecule has 168 valence electrons. The second-order valence-corrected chi connectivity index (χ2v) is 10.2. The average molecular weight is 427 g/mol. The van der Waals surface area contributed by atoms with Crippen LogP contribution in [-0.2, 0) is 4.79 Å². The SMILES string of the molecule is C=C(C(N)CN1C[C@@H]2CC1C(=O)N2C(c1ccc(F)cc1)C1CC1)N1CCC(C)C1C. The van der Waals surface area contributed by atoms with Crippen LogP contribution >= 0.6 is 0 Å². The van der Waals surface area contributed by atoms with Crippen LogP contribution in [-0.4, -0.2) is 64.4 Å². The summed E-state index contributed by atoms with van der Waals surface area (Å²) in [5.41, 5.74) is 8.65. The van der Waals surface area contributed by atoms with Crippen LogP contribution in [0.3, 0.4) is 0 Å². The van der Waals surface area contributed by atoms with Gasteiger partial charge in [0.1, 0.15) is 5.82 Å². The predicted molar refractivity (Wildman–Crippen MR) is 120 cm³/mol. The summed E-state index contributed by atoms with van der Waals surface area (Å²) in [6.07, 6.45) is 4.34. The van der Waals surface area contributed by atoms with Gasteiger partial charge >= 0.3 is 0 Å². The van der Waals surface area contributed by atoms with Gasteiger partial charge in [-0.05, 0) is 62.1 Å². The second kappa shape index (κ2) is 7.89. The molecule has 1 aromatic carbocycles. The molecule has 5 nitrogen and oxygen atoms in total. The summed E-state index contributed by atoms with van der Waals surface area (Å²) in [5, 5.41) is 0. The summed E-state index contributed by atoms with van der Waals surface area (Å²) >= 11 is 0. The minimum absolute atomic E-state index is 0.0829. The fraction of sp³-hybridized carbons (Fsp3) is 0.640. The Hall–Kier alpha value is -1.92. The molecule has 5 unspecified atom stereocenters. The number of hydrogen-bond acceptors (Lipinski definition) is 4. The molecule has 5 rings (SSSR count). The van der Waals surface area contributed by atoms with E-state index in [1.54, 1.807) is 0 Å². The normalized spacial score (nSPS) is 32.7. The zero-order chi connectivity index (χ0) is 21.9. The highest BCUT2D eigenvalue weighted by Gasteiger charge is 2.54. The highest BCUT2D eigenvalue weighted by atomic mass is 19.1. The van der Waals surface area contributed by atoms with Crippen molar-refractivity contribution in [1.82, 2.24) is 14.7 Å².